The van der Waals surface area contributed by atoms with Crippen LogP contribution in [0.4, 0.5) is 0 Å². The van der Waals surface area contributed by atoms with Crippen molar-refractivity contribution >= 4 is 0 Å². The largest absolute Gasteiger partial charge is 0.316 e. The average molecular weight is 224 g/mol. The van der Waals surface area contributed by atoms with E-state index >= 15 is 0 Å². The molecule has 1 saturated carbocycles. The summed E-state index contributed by atoms with van der Waals surface area (Å²) in [7, 11) is 0. The minimum atomic E-state index is 0.887. The van der Waals surface area contributed by atoms with Gasteiger partial charge in [-0.15, -0.1) is 0 Å². The van der Waals surface area contributed by atoms with Gasteiger partial charge in [-0.05, 0) is 44.4 Å². The maximum Gasteiger partial charge on any atom is -0.000571 e. The summed E-state index contributed by atoms with van der Waals surface area (Å²) in [6.07, 6.45) is 11.6. The fourth-order valence-electron chi connectivity index (χ4n) is 3.28. The molecule has 2 N–H and O–H groups in total. The van der Waals surface area contributed by atoms with Crippen molar-refractivity contribution in [3.63, 3.8) is 0 Å². The first-order valence-corrected chi connectivity index (χ1v) is 7.38. The predicted molar refractivity (Wildman–Crippen MR) is 69.7 cm³/mol. The van der Waals surface area contributed by atoms with Crippen LogP contribution < -0.4 is 10.6 Å². The molecule has 0 unspecified atom stereocenters. The number of hydrogen-bond acceptors (Lipinski definition) is 2. The number of hydrogen-bond donors (Lipinski definition) is 2. The highest BCUT2D eigenvalue weighted by atomic mass is 14.9. The van der Waals surface area contributed by atoms with E-state index in [1.54, 1.807) is 0 Å². The van der Waals surface area contributed by atoms with Crippen molar-refractivity contribution in [2.45, 2.75) is 51.4 Å². The van der Waals surface area contributed by atoms with Crippen LogP contribution in [0.25, 0.3) is 0 Å². The van der Waals surface area contributed by atoms with Gasteiger partial charge in [-0.1, -0.05) is 44.9 Å². The second-order valence-electron chi connectivity index (χ2n) is 5.63. The molecule has 2 rings (SSSR count). The van der Waals surface area contributed by atoms with Gasteiger partial charge in [0, 0.05) is 0 Å². The van der Waals surface area contributed by atoms with Gasteiger partial charge in [-0.3, -0.25) is 0 Å². The minimum absolute atomic E-state index is 0.887. The molecule has 16 heavy (non-hydrogen) atoms. The van der Waals surface area contributed by atoms with Crippen LogP contribution in [0.15, 0.2) is 0 Å². The molecule has 0 spiro atoms. The Morgan fingerprint density at radius 2 is 1.12 bits per heavy atom. The van der Waals surface area contributed by atoms with Gasteiger partial charge in [0.1, 0.15) is 0 Å². The van der Waals surface area contributed by atoms with Crippen molar-refractivity contribution in [1.82, 2.24) is 10.6 Å². The lowest BCUT2D eigenvalue weighted by Gasteiger charge is -2.30. The Morgan fingerprint density at radius 3 is 1.75 bits per heavy atom. The van der Waals surface area contributed by atoms with Gasteiger partial charge in [-0.25, -0.2) is 0 Å². The molecule has 0 aromatic carbocycles. The molecular formula is C14H28N2. The molecule has 2 nitrogen and oxygen atoms in total. The topological polar surface area (TPSA) is 24.1 Å². The van der Waals surface area contributed by atoms with E-state index in [0.29, 0.717) is 0 Å². The second kappa shape index (κ2) is 7.29. The van der Waals surface area contributed by atoms with Crippen LogP contribution in [0.3, 0.4) is 0 Å². The van der Waals surface area contributed by atoms with Crippen LogP contribution >= 0.6 is 0 Å². The van der Waals surface area contributed by atoms with E-state index in [9.17, 15) is 0 Å². The minimum Gasteiger partial charge on any atom is -0.316 e. The van der Waals surface area contributed by atoms with Crippen LogP contribution in [0.2, 0.25) is 0 Å². The molecule has 0 atom stereocenters. The van der Waals surface area contributed by atoms with Gasteiger partial charge < -0.3 is 10.6 Å². The summed E-state index contributed by atoms with van der Waals surface area (Å²) < 4.78 is 0. The van der Waals surface area contributed by atoms with Crippen molar-refractivity contribution in [2.24, 2.45) is 11.8 Å². The monoisotopic (exact) mass is 224 g/mol. The zero-order valence-corrected chi connectivity index (χ0v) is 10.6. The maximum atomic E-state index is 3.63. The highest BCUT2D eigenvalue weighted by Gasteiger charge is 2.22. The highest BCUT2D eigenvalue weighted by molar-refractivity contribution is 4.77. The van der Waals surface area contributed by atoms with E-state index in [4.69, 9.17) is 0 Å². The van der Waals surface area contributed by atoms with Crippen LogP contribution in [0, 0.1) is 11.8 Å². The molecule has 0 radical (unpaired) electrons. The molecule has 0 aromatic rings. The molecule has 2 heteroatoms. The second-order valence-corrected chi connectivity index (χ2v) is 5.63. The molecule has 94 valence electrons. The normalized spacial score (nSPS) is 27.8. The summed E-state index contributed by atoms with van der Waals surface area (Å²) >= 11 is 0. The third-order valence-corrected chi connectivity index (χ3v) is 4.34. The molecular weight excluding hydrogens is 196 g/mol. The molecule has 0 aromatic heterocycles. The Bertz CT molecular complexity index is 146. The Morgan fingerprint density at radius 1 is 0.562 bits per heavy atom. The van der Waals surface area contributed by atoms with Crippen molar-refractivity contribution in [1.29, 1.82) is 0 Å². The van der Waals surface area contributed by atoms with Crippen LogP contribution in [-0.4, -0.2) is 26.2 Å². The van der Waals surface area contributed by atoms with E-state index in [1.165, 1.54) is 77.5 Å². The van der Waals surface area contributed by atoms with Gasteiger partial charge in [0.05, 0.1) is 0 Å². The Labute approximate surface area is 101 Å². The van der Waals surface area contributed by atoms with Crippen molar-refractivity contribution in [3.05, 3.63) is 0 Å². The number of rotatable bonds is 1. The van der Waals surface area contributed by atoms with E-state index in [2.05, 4.69) is 10.6 Å². The zero-order chi connectivity index (χ0) is 11.1. The first-order valence-electron chi connectivity index (χ1n) is 7.38. The lowest BCUT2D eigenvalue weighted by molar-refractivity contribution is 0.242. The van der Waals surface area contributed by atoms with E-state index in [1.807, 2.05) is 0 Å². The van der Waals surface area contributed by atoms with Crippen molar-refractivity contribution in [3.8, 4) is 0 Å². The van der Waals surface area contributed by atoms with E-state index in [-0.39, 0.29) is 0 Å². The molecule has 2 aliphatic rings. The van der Waals surface area contributed by atoms with Crippen molar-refractivity contribution in [2.75, 3.05) is 26.2 Å². The lowest BCUT2D eigenvalue weighted by Crippen LogP contribution is -2.40. The Kier molecular flexibility index (Phi) is 5.64. The van der Waals surface area contributed by atoms with Gasteiger partial charge in [0.2, 0.25) is 0 Å². The fourth-order valence-corrected chi connectivity index (χ4v) is 3.28. The molecule has 1 aliphatic carbocycles. The summed E-state index contributed by atoms with van der Waals surface area (Å²) in [6.45, 7) is 4.90. The molecule has 1 saturated heterocycles. The van der Waals surface area contributed by atoms with E-state index in [0.717, 1.165) is 11.8 Å². The van der Waals surface area contributed by atoms with Gasteiger partial charge in [0.15, 0.2) is 0 Å². The molecule has 1 heterocycles. The fraction of sp³-hybridized carbons (Fsp3) is 1.00. The first kappa shape index (κ1) is 12.4. The summed E-state index contributed by atoms with van der Waals surface area (Å²) in [5, 5.41) is 7.26. The molecule has 0 amide bonds. The van der Waals surface area contributed by atoms with Crippen molar-refractivity contribution < 1.29 is 0 Å². The average Bonchev–Trinajstić information content (AvgIpc) is 2.18. The molecule has 0 bridgehead atoms. The van der Waals surface area contributed by atoms with Gasteiger partial charge in [0.25, 0.3) is 0 Å². The molecule has 2 fully saturated rings. The SMILES string of the molecule is C1CCCC(C2CNCCCNC2)CCC1. The Hall–Kier alpha value is -0.0800. The van der Waals surface area contributed by atoms with Crippen LogP contribution in [0.5, 0.6) is 0 Å². The highest BCUT2D eigenvalue weighted by Crippen LogP contribution is 2.28. The van der Waals surface area contributed by atoms with Gasteiger partial charge >= 0.3 is 0 Å². The number of nitrogens with one attached hydrogen (secondary N) is 2. The quantitative estimate of drug-likeness (QED) is 0.715. The summed E-state index contributed by atoms with van der Waals surface area (Å²) in [5.41, 5.74) is 0. The smallest absolute Gasteiger partial charge is 0.000571 e. The zero-order valence-electron chi connectivity index (χ0n) is 10.6. The summed E-state index contributed by atoms with van der Waals surface area (Å²) in [6, 6.07) is 0. The summed E-state index contributed by atoms with van der Waals surface area (Å²) in [5.74, 6) is 1.87. The lowest BCUT2D eigenvalue weighted by atomic mass is 9.81. The molecule has 1 aliphatic heterocycles. The van der Waals surface area contributed by atoms with Gasteiger partial charge in [-0.2, -0.15) is 0 Å². The van der Waals surface area contributed by atoms with E-state index < -0.39 is 0 Å². The summed E-state index contributed by atoms with van der Waals surface area (Å²) in [4.78, 5) is 0. The third kappa shape index (κ3) is 4.06. The van der Waals surface area contributed by atoms with Crippen LogP contribution in [0.1, 0.15) is 51.4 Å². The van der Waals surface area contributed by atoms with Crippen LogP contribution in [-0.2, 0) is 0 Å². The predicted octanol–water partition coefficient (Wildman–Crippen LogP) is 2.55. The first-order chi connectivity index (χ1) is 7.97. The maximum absolute atomic E-state index is 3.63. The third-order valence-electron chi connectivity index (χ3n) is 4.34. The standard InChI is InChI=1S/C14H28N2/c1-2-4-7-13(8-5-3-1)14-11-15-9-6-10-16-12-14/h13-16H,1-12H2. The Balaban J connectivity index is 1.81.